The van der Waals surface area contributed by atoms with E-state index in [2.05, 4.69) is 15.0 Å². The molecule has 0 amide bonds. The molecule has 1 aliphatic heterocycles. The molecule has 2 rings (SSSR count). The molecule has 0 radical (unpaired) electrons. The van der Waals surface area contributed by atoms with Gasteiger partial charge in [-0.3, -0.25) is 0 Å². The molecule has 7 nitrogen and oxygen atoms in total. The largest absolute Gasteiger partial charge is 0.332 e. The third-order valence-electron chi connectivity index (χ3n) is 2.89. The summed E-state index contributed by atoms with van der Waals surface area (Å²) in [6, 6.07) is -0.296. The minimum Gasteiger partial charge on any atom is -0.332 e. The number of nitrogens with zero attached hydrogens (tertiary/aromatic N) is 3. The zero-order valence-corrected chi connectivity index (χ0v) is 10.8. The number of isocyanates is 1. The van der Waals surface area contributed by atoms with Crippen LogP contribution in [-0.2, 0) is 14.8 Å². The molecule has 8 heteroatoms. The van der Waals surface area contributed by atoms with E-state index in [0.717, 1.165) is 0 Å². The highest BCUT2D eigenvalue weighted by molar-refractivity contribution is 7.89. The van der Waals surface area contributed by atoms with Gasteiger partial charge in [-0.05, 0) is 19.8 Å². The summed E-state index contributed by atoms with van der Waals surface area (Å²) >= 11 is 0. The number of H-pyrrole nitrogens is 1. The predicted octanol–water partition coefficient (Wildman–Crippen LogP) is 0.207. The lowest BCUT2D eigenvalue weighted by atomic mass is 10.1. The lowest BCUT2D eigenvalue weighted by molar-refractivity contribution is 0.316. The summed E-state index contributed by atoms with van der Waals surface area (Å²) in [7, 11) is -3.57. The molecular weight excluding hydrogens is 256 g/mol. The standard InChI is InChI=1S/C10H14N4O3S/c1-8-11-5-10(13-8)18(16,17)14-4-2-3-9(6-14)12-7-15/h5,9H,2-4,6H2,1H3,(H,11,13). The van der Waals surface area contributed by atoms with Crippen LogP contribution in [0.4, 0.5) is 0 Å². The summed E-state index contributed by atoms with van der Waals surface area (Å²) in [5.74, 6) is 0.549. The summed E-state index contributed by atoms with van der Waals surface area (Å²) in [4.78, 5) is 20.4. The highest BCUT2D eigenvalue weighted by Crippen LogP contribution is 2.20. The number of hydrogen-bond acceptors (Lipinski definition) is 5. The van der Waals surface area contributed by atoms with Gasteiger partial charge in [-0.1, -0.05) is 0 Å². The number of carbonyl (C=O) groups excluding carboxylic acids is 1. The first-order chi connectivity index (χ1) is 8.54. The van der Waals surface area contributed by atoms with Crippen LogP contribution in [0.25, 0.3) is 0 Å². The fourth-order valence-corrected chi connectivity index (χ4v) is 3.47. The number of nitrogens with one attached hydrogen (secondary N) is 1. The fourth-order valence-electron chi connectivity index (χ4n) is 1.99. The van der Waals surface area contributed by atoms with Crippen LogP contribution in [-0.4, -0.2) is 47.9 Å². The van der Waals surface area contributed by atoms with Crippen molar-refractivity contribution in [3.05, 3.63) is 12.0 Å². The number of imidazole rings is 1. The molecule has 98 valence electrons. The first kappa shape index (κ1) is 12.9. The van der Waals surface area contributed by atoms with Crippen LogP contribution in [0.2, 0.25) is 0 Å². The van der Waals surface area contributed by atoms with E-state index in [1.165, 1.54) is 16.6 Å². The number of sulfonamides is 1. The Morgan fingerprint density at radius 3 is 3.00 bits per heavy atom. The lowest BCUT2D eigenvalue weighted by Gasteiger charge is -2.28. The maximum Gasteiger partial charge on any atom is 0.260 e. The topological polar surface area (TPSA) is 95.5 Å². The summed E-state index contributed by atoms with van der Waals surface area (Å²) in [5.41, 5.74) is 0. The van der Waals surface area contributed by atoms with Crippen molar-refractivity contribution in [3.63, 3.8) is 0 Å². The molecule has 1 saturated heterocycles. The van der Waals surface area contributed by atoms with Crippen LogP contribution in [0.1, 0.15) is 18.7 Å². The maximum absolute atomic E-state index is 12.3. The summed E-state index contributed by atoms with van der Waals surface area (Å²) in [5, 5.41) is 0.0794. The van der Waals surface area contributed by atoms with Gasteiger partial charge >= 0.3 is 0 Å². The van der Waals surface area contributed by atoms with E-state index in [1.54, 1.807) is 6.92 Å². The molecule has 0 bridgehead atoms. The van der Waals surface area contributed by atoms with Crippen LogP contribution in [0.3, 0.4) is 0 Å². The van der Waals surface area contributed by atoms with Gasteiger partial charge in [-0.25, -0.2) is 23.2 Å². The molecule has 2 heterocycles. The van der Waals surface area contributed by atoms with Crippen molar-refractivity contribution in [2.45, 2.75) is 30.8 Å². The van der Waals surface area contributed by atoms with E-state index in [1.807, 2.05) is 0 Å². The van der Waals surface area contributed by atoms with Crippen molar-refractivity contribution in [1.82, 2.24) is 14.3 Å². The van der Waals surface area contributed by atoms with Crippen LogP contribution < -0.4 is 0 Å². The highest BCUT2D eigenvalue weighted by Gasteiger charge is 2.31. The number of hydrogen-bond donors (Lipinski definition) is 1. The van der Waals surface area contributed by atoms with E-state index < -0.39 is 10.0 Å². The molecule has 1 atom stereocenters. The minimum absolute atomic E-state index is 0.0794. The van der Waals surface area contributed by atoms with E-state index in [4.69, 9.17) is 0 Å². The van der Waals surface area contributed by atoms with Gasteiger partial charge in [0.15, 0.2) is 5.03 Å². The number of aromatic nitrogens is 2. The van der Waals surface area contributed by atoms with Crippen LogP contribution in [0, 0.1) is 6.92 Å². The summed E-state index contributed by atoms with van der Waals surface area (Å²) in [6.07, 6.45) is 4.18. The van der Waals surface area contributed by atoms with Crippen molar-refractivity contribution in [1.29, 1.82) is 0 Å². The van der Waals surface area contributed by atoms with Crippen LogP contribution in [0.5, 0.6) is 0 Å². The van der Waals surface area contributed by atoms with Crippen molar-refractivity contribution in [2.24, 2.45) is 4.99 Å². The quantitative estimate of drug-likeness (QED) is 0.627. The molecule has 0 aliphatic carbocycles. The van der Waals surface area contributed by atoms with Crippen molar-refractivity contribution < 1.29 is 13.2 Å². The Balaban J connectivity index is 2.22. The van der Waals surface area contributed by atoms with E-state index in [0.29, 0.717) is 25.2 Å². The highest BCUT2D eigenvalue weighted by atomic mass is 32.2. The summed E-state index contributed by atoms with van der Waals surface area (Å²) in [6.45, 7) is 2.34. The number of aliphatic imine (C=N–C) groups is 1. The molecule has 1 fully saturated rings. The Kier molecular flexibility index (Phi) is 3.60. The van der Waals surface area contributed by atoms with Gasteiger partial charge in [0.1, 0.15) is 5.82 Å². The zero-order chi connectivity index (χ0) is 13.2. The monoisotopic (exact) mass is 270 g/mol. The first-order valence-electron chi connectivity index (χ1n) is 5.63. The Morgan fingerprint density at radius 1 is 1.61 bits per heavy atom. The van der Waals surface area contributed by atoms with Gasteiger partial charge in [0.25, 0.3) is 10.0 Å². The van der Waals surface area contributed by atoms with Gasteiger partial charge < -0.3 is 4.98 Å². The van der Waals surface area contributed by atoms with Gasteiger partial charge in [0.2, 0.25) is 6.08 Å². The molecule has 1 N–H and O–H groups in total. The second kappa shape index (κ2) is 5.01. The normalized spacial score (nSPS) is 21.5. The number of rotatable bonds is 3. The van der Waals surface area contributed by atoms with E-state index >= 15 is 0 Å². The fraction of sp³-hybridized carbons (Fsp3) is 0.600. The third-order valence-corrected chi connectivity index (χ3v) is 4.67. The molecule has 18 heavy (non-hydrogen) atoms. The second-order valence-corrected chi connectivity index (χ2v) is 6.12. The first-order valence-corrected chi connectivity index (χ1v) is 7.07. The SMILES string of the molecule is Cc1ncc(S(=O)(=O)N2CCCC(N=C=O)C2)[nH]1. The van der Waals surface area contributed by atoms with Crippen molar-refractivity contribution in [2.75, 3.05) is 13.1 Å². The number of piperidine rings is 1. The maximum atomic E-state index is 12.3. The lowest BCUT2D eigenvalue weighted by Crippen LogP contribution is -2.41. The van der Waals surface area contributed by atoms with Crippen LogP contribution in [0.15, 0.2) is 16.2 Å². The van der Waals surface area contributed by atoms with Crippen molar-refractivity contribution >= 4 is 16.1 Å². The minimum atomic E-state index is -3.57. The molecular formula is C10H14N4O3S. The van der Waals surface area contributed by atoms with E-state index in [9.17, 15) is 13.2 Å². The summed E-state index contributed by atoms with van der Waals surface area (Å²) < 4.78 is 25.9. The van der Waals surface area contributed by atoms with Gasteiger partial charge in [0, 0.05) is 13.1 Å². The van der Waals surface area contributed by atoms with Crippen LogP contribution >= 0.6 is 0 Å². The van der Waals surface area contributed by atoms with Gasteiger partial charge in [-0.2, -0.15) is 4.31 Å². The zero-order valence-electron chi connectivity index (χ0n) is 9.96. The Hall–Kier alpha value is -1.50. The average molecular weight is 270 g/mol. The van der Waals surface area contributed by atoms with Crippen molar-refractivity contribution in [3.8, 4) is 0 Å². The average Bonchev–Trinajstić information content (AvgIpc) is 2.77. The molecule has 0 aromatic carbocycles. The Bertz CT molecular complexity index is 574. The number of aromatic amines is 1. The van der Waals surface area contributed by atoms with E-state index in [-0.39, 0.29) is 17.6 Å². The molecule has 0 saturated carbocycles. The number of aryl methyl sites for hydroxylation is 1. The Labute approximate surface area is 105 Å². The molecule has 1 aromatic rings. The molecule has 1 aromatic heterocycles. The second-order valence-electron chi connectivity index (χ2n) is 4.21. The van der Waals surface area contributed by atoms with Gasteiger partial charge in [-0.15, -0.1) is 0 Å². The molecule has 1 unspecified atom stereocenters. The third kappa shape index (κ3) is 2.50. The molecule has 0 spiro atoms. The Morgan fingerprint density at radius 2 is 2.39 bits per heavy atom. The molecule has 1 aliphatic rings. The van der Waals surface area contributed by atoms with Gasteiger partial charge in [0.05, 0.1) is 12.2 Å². The smallest absolute Gasteiger partial charge is 0.260 e. The predicted molar refractivity (Wildman–Crippen MR) is 63.2 cm³/mol.